The van der Waals surface area contributed by atoms with Gasteiger partial charge in [0.15, 0.2) is 0 Å². The molecule has 3 atom stereocenters. The van der Waals surface area contributed by atoms with E-state index < -0.39 is 6.10 Å². The van der Waals surface area contributed by atoms with Gasteiger partial charge in [-0.2, -0.15) is 5.10 Å². The zero-order valence-corrected chi connectivity index (χ0v) is 20.3. The van der Waals surface area contributed by atoms with E-state index in [0.717, 1.165) is 46.1 Å². The number of aromatic nitrogens is 1. The average Bonchev–Trinajstić information content (AvgIpc) is 3.59. The zero-order valence-electron chi connectivity index (χ0n) is 19.6. The third-order valence-electron chi connectivity index (χ3n) is 8.18. The summed E-state index contributed by atoms with van der Waals surface area (Å²) in [4.78, 5) is 19.4. The van der Waals surface area contributed by atoms with E-state index in [4.69, 9.17) is 21.7 Å². The summed E-state index contributed by atoms with van der Waals surface area (Å²) in [6, 6.07) is 10.5. The number of nitrogens with zero attached hydrogens (tertiary/aromatic N) is 4. The van der Waals surface area contributed by atoms with Crippen molar-refractivity contribution < 1.29 is 9.90 Å². The number of hydrazone groups is 1. The summed E-state index contributed by atoms with van der Waals surface area (Å²) >= 11 is 6.51. The molecule has 2 aromatic rings. The fourth-order valence-corrected chi connectivity index (χ4v) is 6.53. The van der Waals surface area contributed by atoms with E-state index in [1.54, 1.807) is 4.90 Å². The number of hydrogen-bond donors (Lipinski definition) is 1. The zero-order chi connectivity index (χ0) is 23.4. The van der Waals surface area contributed by atoms with Gasteiger partial charge in [-0.1, -0.05) is 30.5 Å². The molecule has 2 aliphatic heterocycles. The Labute approximate surface area is 205 Å². The second kappa shape index (κ2) is 8.65. The monoisotopic (exact) mass is 478 g/mol. The summed E-state index contributed by atoms with van der Waals surface area (Å²) in [7, 11) is 0. The number of β-amino-alcohol motifs (C(OH)–C–C–N with tert-alkyl or cyclic N) is 1. The minimum Gasteiger partial charge on any atom is -0.391 e. The second-order valence-electron chi connectivity index (χ2n) is 10.3. The number of aryl methyl sites for hydroxylation is 2. The standard InChI is InChI=1S/C27H31ClN4O2/c1-16-6-7-18(14-22(16)28)32-26(17-4-2-3-5-17)21-9-10-23-20(25(21)30-32)8-11-24(29-23)27(34)31-13-12-19(33)15-31/h6-8,11,14,17,19,21,26,33H,2-5,9-10,12-13,15H2,1H3/t19-,21?,26?/m1/s1. The summed E-state index contributed by atoms with van der Waals surface area (Å²) in [6.45, 7) is 3.01. The van der Waals surface area contributed by atoms with E-state index in [0.29, 0.717) is 43.1 Å². The first kappa shape index (κ1) is 22.1. The summed E-state index contributed by atoms with van der Waals surface area (Å²) in [5, 5.41) is 18.0. The van der Waals surface area contributed by atoms with Gasteiger partial charge >= 0.3 is 0 Å². The van der Waals surface area contributed by atoms with Crippen LogP contribution >= 0.6 is 11.6 Å². The molecule has 7 heteroatoms. The van der Waals surface area contributed by atoms with Gasteiger partial charge in [0.05, 0.1) is 29.2 Å². The molecule has 0 bridgehead atoms. The molecular formula is C27H31ClN4O2. The molecule has 6 rings (SSSR count). The fourth-order valence-electron chi connectivity index (χ4n) is 6.36. The minimum atomic E-state index is -0.427. The van der Waals surface area contributed by atoms with Gasteiger partial charge < -0.3 is 10.0 Å². The first-order valence-electron chi connectivity index (χ1n) is 12.6. The molecule has 4 aliphatic rings. The number of likely N-dealkylation sites (tertiary alicyclic amines) is 1. The van der Waals surface area contributed by atoms with E-state index in [9.17, 15) is 9.90 Å². The number of aliphatic hydroxyl groups excluding tert-OH is 1. The molecular weight excluding hydrogens is 448 g/mol. The molecule has 1 saturated carbocycles. The third-order valence-corrected chi connectivity index (χ3v) is 8.58. The average molecular weight is 479 g/mol. The number of pyridine rings is 1. The van der Waals surface area contributed by atoms with Crippen LogP contribution in [0.5, 0.6) is 0 Å². The van der Waals surface area contributed by atoms with Crippen molar-refractivity contribution in [1.82, 2.24) is 9.88 Å². The van der Waals surface area contributed by atoms with Crippen LogP contribution in [0.15, 0.2) is 35.4 Å². The number of amides is 1. The predicted molar refractivity (Wildman–Crippen MR) is 134 cm³/mol. The number of carbonyl (C=O) groups is 1. The van der Waals surface area contributed by atoms with Crippen molar-refractivity contribution >= 4 is 28.9 Å². The Morgan fingerprint density at radius 3 is 2.68 bits per heavy atom. The van der Waals surface area contributed by atoms with E-state index >= 15 is 0 Å². The number of benzene rings is 1. The number of fused-ring (bicyclic) bond motifs is 3. The number of carbonyl (C=O) groups excluding carboxylic acids is 1. The number of rotatable bonds is 3. The first-order valence-corrected chi connectivity index (χ1v) is 13.0. The van der Waals surface area contributed by atoms with Gasteiger partial charge in [-0.05, 0) is 74.8 Å². The van der Waals surface area contributed by atoms with Gasteiger partial charge in [0.2, 0.25) is 0 Å². The Balaban J connectivity index is 1.35. The van der Waals surface area contributed by atoms with Crippen LogP contribution in [0.4, 0.5) is 5.69 Å². The van der Waals surface area contributed by atoms with Crippen LogP contribution in [-0.4, -0.2) is 51.8 Å². The molecule has 0 radical (unpaired) electrons. The lowest BCUT2D eigenvalue weighted by atomic mass is 9.76. The SMILES string of the molecule is Cc1ccc(N2N=C3c4ccc(C(=O)N5CC[C@@H](O)C5)nc4CCC3C2C2CCCC2)cc1Cl. The molecule has 1 amide bonds. The van der Waals surface area contributed by atoms with E-state index in [2.05, 4.69) is 17.1 Å². The highest BCUT2D eigenvalue weighted by Gasteiger charge is 2.46. The first-order chi connectivity index (χ1) is 16.5. The van der Waals surface area contributed by atoms with Crippen LogP contribution in [0, 0.1) is 18.8 Å². The van der Waals surface area contributed by atoms with E-state index in [1.165, 1.54) is 25.7 Å². The molecule has 1 aromatic carbocycles. The highest BCUT2D eigenvalue weighted by atomic mass is 35.5. The Morgan fingerprint density at radius 1 is 1.12 bits per heavy atom. The van der Waals surface area contributed by atoms with Crippen LogP contribution in [0.3, 0.4) is 0 Å². The Bertz CT molecular complexity index is 1160. The topological polar surface area (TPSA) is 69.0 Å². The molecule has 2 aliphatic carbocycles. The van der Waals surface area contributed by atoms with Gasteiger partial charge in [0.1, 0.15) is 5.69 Å². The number of halogens is 1. The largest absolute Gasteiger partial charge is 0.391 e. The number of aliphatic hydroxyl groups is 1. The molecule has 178 valence electrons. The van der Waals surface area contributed by atoms with Gasteiger partial charge in [-0.3, -0.25) is 9.80 Å². The van der Waals surface area contributed by atoms with Crippen molar-refractivity contribution in [3.8, 4) is 0 Å². The van der Waals surface area contributed by atoms with Crippen LogP contribution in [0.2, 0.25) is 5.02 Å². The number of hydrogen-bond acceptors (Lipinski definition) is 5. The maximum absolute atomic E-state index is 12.9. The summed E-state index contributed by atoms with van der Waals surface area (Å²) in [5.41, 5.74) is 5.76. The molecule has 1 saturated heterocycles. The van der Waals surface area contributed by atoms with Gasteiger partial charge in [0, 0.05) is 29.6 Å². The predicted octanol–water partition coefficient (Wildman–Crippen LogP) is 4.60. The fraction of sp³-hybridized carbons (Fsp3) is 0.519. The van der Waals surface area contributed by atoms with Gasteiger partial charge in [0.25, 0.3) is 5.91 Å². The van der Waals surface area contributed by atoms with Crippen LogP contribution in [0.25, 0.3) is 0 Å². The summed E-state index contributed by atoms with van der Waals surface area (Å²) in [5.74, 6) is 0.908. The van der Waals surface area contributed by atoms with Crippen LogP contribution in [0.1, 0.15) is 65.8 Å². The van der Waals surface area contributed by atoms with Crippen LogP contribution in [-0.2, 0) is 6.42 Å². The maximum atomic E-state index is 12.9. The second-order valence-corrected chi connectivity index (χ2v) is 10.7. The normalized spacial score (nSPS) is 26.6. The number of anilines is 1. The molecule has 34 heavy (non-hydrogen) atoms. The highest BCUT2D eigenvalue weighted by molar-refractivity contribution is 6.31. The molecule has 1 aromatic heterocycles. The van der Waals surface area contributed by atoms with Crippen molar-refractivity contribution in [2.45, 2.75) is 64.0 Å². The third kappa shape index (κ3) is 3.72. The summed E-state index contributed by atoms with van der Waals surface area (Å²) in [6.07, 6.45) is 7.15. The molecule has 2 unspecified atom stereocenters. The van der Waals surface area contributed by atoms with Crippen molar-refractivity contribution in [3.05, 3.63) is 57.9 Å². The highest BCUT2D eigenvalue weighted by Crippen LogP contribution is 2.45. The van der Waals surface area contributed by atoms with Crippen molar-refractivity contribution in [2.24, 2.45) is 16.9 Å². The maximum Gasteiger partial charge on any atom is 0.272 e. The van der Waals surface area contributed by atoms with E-state index in [1.807, 2.05) is 25.1 Å². The molecule has 2 fully saturated rings. The van der Waals surface area contributed by atoms with Crippen molar-refractivity contribution in [1.29, 1.82) is 0 Å². The Morgan fingerprint density at radius 2 is 1.94 bits per heavy atom. The van der Waals surface area contributed by atoms with Crippen molar-refractivity contribution in [3.63, 3.8) is 0 Å². The van der Waals surface area contributed by atoms with Gasteiger partial charge in [-0.15, -0.1) is 0 Å². The lowest BCUT2D eigenvalue weighted by Crippen LogP contribution is -2.41. The van der Waals surface area contributed by atoms with Crippen LogP contribution < -0.4 is 5.01 Å². The quantitative estimate of drug-likeness (QED) is 0.700. The smallest absolute Gasteiger partial charge is 0.272 e. The molecule has 0 spiro atoms. The summed E-state index contributed by atoms with van der Waals surface area (Å²) < 4.78 is 0. The van der Waals surface area contributed by atoms with E-state index in [-0.39, 0.29) is 5.91 Å². The van der Waals surface area contributed by atoms with Gasteiger partial charge in [-0.25, -0.2) is 4.98 Å². The Hall–Kier alpha value is -2.44. The minimum absolute atomic E-state index is 0.0883. The molecule has 1 N–H and O–H groups in total. The lowest BCUT2D eigenvalue weighted by molar-refractivity contribution is 0.0759. The molecule has 6 nitrogen and oxygen atoms in total. The lowest BCUT2D eigenvalue weighted by Gasteiger charge is -2.34. The molecule has 3 heterocycles. The Kier molecular flexibility index (Phi) is 5.61. The van der Waals surface area contributed by atoms with Crippen molar-refractivity contribution in [2.75, 3.05) is 18.1 Å².